The normalized spacial score (nSPS) is 10.2. The number of aldehydes is 1. The molecule has 7 heteroatoms. The van der Waals surface area contributed by atoms with Crippen molar-refractivity contribution in [2.45, 2.75) is 6.42 Å². The largest absolute Gasteiger partial charge is 0.377 e. The summed E-state index contributed by atoms with van der Waals surface area (Å²) in [5.41, 5.74) is 2.75. The molecule has 0 aliphatic carbocycles. The second-order valence-corrected chi connectivity index (χ2v) is 5.44. The molecule has 1 aromatic heterocycles. The van der Waals surface area contributed by atoms with Crippen LogP contribution in [0, 0.1) is 4.77 Å². The van der Waals surface area contributed by atoms with Gasteiger partial charge < -0.3 is 20.0 Å². The van der Waals surface area contributed by atoms with Crippen molar-refractivity contribution < 1.29 is 4.79 Å². The minimum atomic E-state index is 0.347. The van der Waals surface area contributed by atoms with Gasteiger partial charge in [0.2, 0.25) is 0 Å². The van der Waals surface area contributed by atoms with Crippen molar-refractivity contribution in [2.75, 3.05) is 24.3 Å². The highest BCUT2D eigenvalue weighted by molar-refractivity contribution is 7.71. The predicted octanol–water partition coefficient (Wildman–Crippen LogP) is 3.34. The number of halogens is 1. The zero-order valence-corrected chi connectivity index (χ0v) is 13.3. The fraction of sp³-hybridized carbons (Fsp3) is 0.214. The zero-order chi connectivity index (χ0) is 15.4. The van der Waals surface area contributed by atoms with E-state index in [0.29, 0.717) is 22.0 Å². The molecule has 0 bridgehead atoms. The number of carbonyl (C=O) groups excluding carboxylic acids is 1. The summed E-state index contributed by atoms with van der Waals surface area (Å²) in [6, 6.07) is 5.78. The number of rotatable bonds is 5. The van der Waals surface area contributed by atoms with Crippen molar-refractivity contribution >= 4 is 47.3 Å². The SMILES string of the molecule is CN(C)c1ccc(Nc2[nH]c(=S)ncc2Cl)cc1CC=O. The summed E-state index contributed by atoms with van der Waals surface area (Å²) in [6.45, 7) is 0. The molecule has 21 heavy (non-hydrogen) atoms. The first-order valence-electron chi connectivity index (χ1n) is 6.27. The van der Waals surface area contributed by atoms with Gasteiger partial charge in [-0.15, -0.1) is 0 Å². The maximum atomic E-state index is 10.8. The lowest BCUT2D eigenvalue weighted by Crippen LogP contribution is -2.11. The Balaban J connectivity index is 2.36. The minimum absolute atomic E-state index is 0.347. The van der Waals surface area contributed by atoms with E-state index < -0.39 is 0 Å². The van der Waals surface area contributed by atoms with E-state index in [1.54, 1.807) is 0 Å². The first-order chi connectivity index (χ1) is 10.0. The Hall–Kier alpha value is -1.92. The molecular weight excluding hydrogens is 308 g/mol. The van der Waals surface area contributed by atoms with Crippen LogP contribution in [0.1, 0.15) is 5.56 Å². The van der Waals surface area contributed by atoms with Gasteiger partial charge in [0, 0.05) is 31.9 Å². The molecule has 0 atom stereocenters. The lowest BCUT2D eigenvalue weighted by atomic mass is 10.1. The molecule has 0 spiro atoms. The van der Waals surface area contributed by atoms with Crippen molar-refractivity contribution in [3.8, 4) is 0 Å². The molecule has 0 aliphatic rings. The van der Waals surface area contributed by atoms with Gasteiger partial charge in [-0.3, -0.25) is 0 Å². The molecular formula is C14H15ClN4OS. The summed E-state index contributed by atoms with van der Waals surface area (Å²) in [5.74, 6) is 0.575. The molecule has 0 fully saturated rings. The monoisotopic (exact) mass is 322 g/mol. The van der Waals surface area contributed by atoms with Crippen molar-refractivity contribution in [3.63, 3.8) is 0 Å². The number of hydrogen-bond donors (Lipinski definition) is 2. The third-order valence-electron chi connectivity index (χ3n) is 2.90. The summed E-state index contributed by atoms with van der Waals surface area (Å²) in [5, 5.41) is 3.59. The molecule has 2 N–H and O–H groups in total. The van der Waals surface area contributed by atoms with Gasteiger partial charge in [-0.1, -0.05) is 11.6 Å². The van der Waals surface area contributed by atoms with Crippen LogP contribution in [0.15, 0.2) is 24.4 Å². The lowest BCUT2D eigenvalue weighted by molar-refractivity contribution is -0.107. The first kappa shape index (κ1) is 15.5. The first-order valence-corrected chi connectivity index (χ1v) is 7.05. The van der Waals surface area contributed by atoms with Gasteiger partial charge in [-0.2, -0.15) is 0 Å². The van der Waals surface area contributed by atoms with Crippen LogP contribution in [-0.2, 0) is 11.2 Å². The molecule has 1 aromatic carbocycles. The van der Waals surface area contributed by atoms with E-state index in [2.05, 4.69) is 15.3 Å². The zero-order valence-electron chi connectivity index (χ0n) is 11.7. The number of aromatic amines is 1. The number of H-pyrrole nitrogens is 1. The van der Waals surface area contributed by atoms with Crippen LogP contribution in [0.4, 0.5) is 17.2 Å². The van der Waals surface area contributed by atoms with Gasteiger partial charge in [0.05, 0.1) is 11.2 Å². The summed E-state index contributed by atoms with van der Waals surface area (Å²) < 4.78 is 0.347. The smallest absolute Gasteiger partial charge is 0.198 e. The van der Waals surface area contributed by atoms with Crippen molar-refractivity contribution in [3.05, 3.63) is 39.8 Å². The minimum Gasteiger partial charge on any atom is -0.377 e. The predicted molar refractivity (Wildman–Crippen MR) is 88.3 cm³/mol. The average molecular weight is 323 g/mol. The number of hydrogen-bond acceptors (Lipinski definition) is 5. The number of carbonyl (C=O) groups is 1. The van der Waals surface area contributed by atoms with Crippen LogP contribution in [0.5, 0.6) is 0 Å². The fourth-order valence-corrected chi connectivity index (χ4v) is 2.26. The fourth-order valence-electron chi connectivity index (χ4n) is 1.97. The van der Waals surface area contributed by atoms with Crippen LogP contribution >= 0.6 is 23.8 Å². The Labute approximate surface area is 133 Å². The summed E-state index contributed by atoms with van der Waals surface area (Å²) in [6.07, 6.45) is 2.73. The number of aromatic nitrogens is 2. The van der Waals surface area contributed by atoms with E-state index in [-0.39, 0.29) is 0 Å². The molecule has 0 saturated heterocycles. The average Bonchev–Trinajstić information content (AvgIpc) is 2.43. The van der Waals surface area contributed by atoms with Crippen molar-refractivity contribution in [1.29, 1.82) is 0 Å². The lowest BCUT2D eigenvalue weighted by Gasteiger charge is -2.18. The van der Waals surface area contributed by atoms with Gasteiger partial charge in [-0.05, 0) is 36.0 Å². The highest BCUT2D eigenvalue weighted by Crippen LogP contribution is 2.27. The Morgan fingerprint density at radius 1 is 1.48 bits per heavy atom. The maximum Gasteiger partial charge on any atom is 0.198 e. The van der Waals surface area contributed by atoms with Gasteiger partial charge in [-0.25, -0.2) is 4.98 Å². The highest BCUT2D eigenvalue weighted by Gasteiger charge is 2.07. The van der Waals surface area contributed by atoms with E-state index in [1.807, 2.05) is 37.2 Å². The van der Waals surface area contributed by atoms with Gasteiger partial charge in [0.15, 0.2) is 4.77 Å². The van der Waals surface area contributed by atoms with E-state index in [4.69, 9.17) is 23.8 Å². The third kappa shape index (κ3) is 3.80. The second kappa shape index (κ2) is 6.69. The van der Waals surface area contributed by atoms with Gasteiger partial charge in [0.1, 0.15) is 12.1 Å². The number of nitrogens with zero attached hydrogens (tertiary/aromatic N) is 2. The standard InChI is InChI=1S/C14H15ClN4OS/c1-19(2)12-4-3-10(7-9(12)5-6-20)17-13-11(15)8-16-14(21)18-13/h3-4,6-8H,5H2,1-2H3,(H2,16,17,18,21). The molecule has 0 aliphatic heterocycles. The summed E-state index contributed by atoms with van der Waals surface area (Å²) in [7, 11) is 3.88. The van der Waals surface area contributed by atoms with E-state index in [9.17, 15) is 4.79 Å². The Morgan fingerprint density at radius 2 is 2.24 bits per heavy atom. The van der Waals surface area contributed by atoms with E-state index >= 15 is 0 Å². The summed E-state index contributed by atoms with van der Waals surface area (Å²) in [4.78, 5) is 19.6. The Morgan fingerprint density at radius 3 is 2.90 bits per heavy atom. The summed E-state index contributed by atoms with van der Waals surface area (Å²) >= 11 is 11.0. The topological polar surface area (TPSA) is 61.0 Å². The highest BCUT2D eigenvalue weighted by atomic mass is 35.5. The Bertz CT molecular complexity index is 714. The van der Waals surface area contributed by atoms with Crippen LogP contribution in [0.25, 0.3) is 0 Å². The van der Waals surface area contributed by atoms with Crippen molar-refractivity contribution in [2.24, 2.45) is 0 Å². The van der Waals surface area contributed by atoms with Gasteiger partial charge >= 0.3 is 0 Å². The molecule has 5 nitrogen and oxygen atoms in total. The molecule has 0 unspecified atom stereocenters. The third-order valence-corrected chi connectivity index (χ3v) is 3.39. The molecule has 0 radical (unpaired) electrons. The molecule has 1 heterocycles. The molecule has 2 aromatic rings. The maximum absolute atomic E-state index is 10.8. The number of nitrogens with one attached hydrogen (secondary N) is 2. The number of benzene rings is 1. The van der Waals surface area contributed by atoms with Gasteiger partial charge in [0.25, 0.3) is 0 Å². The van der Waals surface area contributed by atoms with Crippen LogP contribution in [0.2, 0.25) is 5.02 Å². The van der Waals surface area contributed by atoms with Crippen LogP contribution < -0.4 is 10.2 Å². The van der Waals surface area contributed by atoms with Crippen molar-refractivity contribution in [1.82, 2.24) is 9.97 Å². The van der Waals surface area contributed by atoms with E-state index in [0.717, 1.165) is 23.2 Å². The molecule has 0 saturated carbocycles. The molecule has 2 rings (SSSR count). The molecule has 0 amide bonds. The number of anilines is 3. The quantitative estimate of drug-likeness (QED) is 0.653. The second-order valence-electron chi connectivity index (χ2n) is 4.64. The Kier molecular flexibility index (Phi) is 4.93. The van der Waals surface area contributed by atoms with E-state index in [1.165, 1.54) is 6.20 Å². The van der Waals surface area contributed by atoms with Crippen LogP contribution in [-0.4, -0.2) is 30.3 Å². The molecule has 110 valence electrons. The van der Waals surface area contributed by atoms with Crippen LogP contribution in [0.3, 0.4) is 0 Å².